The van der Waals surface area contributed by atoms with Crippen LogP contribution in [-0.4, -0.2) is 49.1 Å². The summed E-state index contributed by atoms with van der Waals surface area (Å²) in [5, 5.41) is 7.01. The summed E-state index contributed by atoms with van der Waals surface area (Å²) in [6.07, 6.45) is 11.1. The van der Waals surface area contributed by atoms with Crippen molar-refractivity contribution in [3.05, 3.63) is 0 Å². The molecule has 2 N–H and O–H groups in total. The van der Waals surface area contributed by atoms with Gasteiger partial charge in [-0.2, -0.15) is 0 Å². The van der Waals surface area contributed by atoms with Crippen LogP contribution in [0.3, 0.4) is 0 Å². The molecule has 0 spiro atoms. The molecule has 0 saturated heterocycles. The van der Waals surface area contributed by atoms with E-state index in [9.17, 15) is 0 Å². The third-order valence-corrected chi connectivity index (χ3v) is 4.95. The summed E-state index contributed by atoms with van der Waals surface area (Å²) in [7, 11) is 0. The molecule has 0 radical (unpaired) electrons. The lowest BCUT2D eigenvalue weighted by Crippen LogP contribution is -2.43. The van der Waals surface area contributed by atoms with Gasteiger partial charge in [-0.15, -0.1) is 0 Å². The second-order valence-corrected chi connectivity index (χ2v) is 7.06. The van der Waals surface area contributed by atoms with E-state index in [4.69, 9.17) is 4.99 Å². The molecule has 21 heavy (non-hydrogen) atoms. The number of nitrogens with one attached hydrogen (secondary N) is 2. The molecule has 3 fully saturated rings. The van der Waals surface area contributed by atoms with Crippen LogP contribution >= 0.6 is 0 Å². The highest BCUT2D eigenvalue weighted by molar-refractivity contribution is 5.80. The summed E-state index contributed by atoms with van der Waals surface area (Å²) in [6.45, 7) is 6.50. The van der Waals surface area contributed by atoms with Crippen LogP contribution in [0, 0.1) is 5.92 Å². The third kappa shape index (κ3) is 5.17. The van der Waals surface area contributed by atoms with E-state index < -0.39 is 0 Å². The van der Waals surface area contributed by atoms with Crippen LogP contribution in [0.5, 0.6) is 0 Å². The van der Waals surface area contributed by atoms with Crippen LogP contribution in [0.2, 0.25) is 0 Å². The van der Waals surface area contributed by atoms with E-state index in [0.29, 0.717) is 6.04 Å². The Hall–Kier alpha value is -0.770. The van der Waals surface area contributed by atoms with Crippen molar-refractivity contribution >= 4 is 5.96 Å². The summed E-state index contributed by atoms with van der Waals surface area (Å²) in [6, 6.07) is 1.53. The first kappa shape index (κ1) is 15.1. The molecule has 0 bridgehead atoms. The van der Waals surface area contributed by atoms with E-state index in [2.05, 4.69) is 22.5 Å². The number of hydrogen-bond acceptors (Lipinski definition) is 2. The molecule has 3 saturated carbocycles. The Bertz CT molecular complexity index is 341. The Balaban J connectivity index is 1.43. The molecule has 3 rings (SSSR count). The fourth-order valence-corrected chi connectivity index (χ4v) is 3.37. The highest BCUT2D eigenvalue weighted by atomic mass is 15.2. The molecule has 0 heterocycles. The molecule has 0 aromatic heterocycles. The predicted octanol–water partition coefficient (Wildman–Crippen LogP) is 2.36. The third-order valence-electron chi connectivity index (χ3n) is 4.95. The van der Waals surface area contributed by atoms with Gasteiger partial charge in [-0.1, -0.05) is 12.8 Å². The first-order chi connectivity index (χ1) is 10.3. The van der Waals surface area contributed by atoms with Gasteiger partial charge >= 0.3 is 0 Å². The Morgan fingerprint density at radius 3 is 2.48 bits per heavy atom. The van der Waals surface area contributed by atoms with E-state index in [1.165, 1.54) is 57.9 Å². The highest BCUT2D eigenvalue weighted by Crippen LogP contribution is 2.34. The largest absolute Gasteiger partial charge is 0.357 e. The first-order valence-corrected chi connectivity index (χ1v) is 9.14. The maximum atomic E-state index is 4.81. The van der Waals surface area contributed by atoms with Gasteiger partial charge in [-0.05, 0) is 51.4 Å². The van der Waals surface area contributed by atoms with Crippen LogP contribution in [0.15, 0.2) is 4.99 Å². The summed E-state index contributed by atoms with van der Waals surface area (Å²) in [4.78, 5) is 7.50. The first-order valence-electron chi connectivity index (χ1n) is 9.14. The Kier molecular flexibility index (Phi) is 5.39. The SMILES string of the molecule is CCNC(=NCCN(CC1CC1)C1CC1)NC1CCCC1. The van der Waals surface area contributed by atoms with Crippen LogP contribution in [0.25, 0.3) is 0 Å². The molecule has 3 aliphatic rings. The van der Waals surface area contributed by atoms with Crippen molar-refractivity contribution in [2.45, 2.75) is 70.4 Å². The van der Waals surface area contributed by atoms with Crippen molar-refractivity contribution in [2.75, 3.05) is 26.2 Å². The number of guanidine groups is 1. The van der Waals surface area contributed by atoms with Gasteiger partial charge in [0.05, 0.1) is 6.54 Å². The van der Waals surface area contributed by atoms with E-state index in [0.717, 1.165) is 37.6 Å². The highest BCUT2D eigenvalue weighted by Gasteiger charge is 2.33. The van der Waals surface area contributed by atoms with Crippen molar-refractivity contribution in [3.63, 3.8) is 0 Å². The van der Waals surface area contributed by atoms with Crippen LogP contribution in [0.4, 0.5) is 0 Å². The molecular weight excluding hydrogens is 260 g/mol. The quantitative estimate of drug-likeness (QED) is 0.533. The molecule has 4 nitrogen and oxygen atoms in total. The van der Waals surface area contributed by atoms with Gasteiger partial charge in [0.15, 0.2) is 5.96 Å². The second-order valence-electron chi connectivity index (χ2n) is 7.06. The number of nitrogens with zero attached hydrogens (tertiary/aromatic N) is 2. The van der Waals surface area contributed by atoms with Crippen molar-refractivity contribution in [1.82, 2.24) is 15.5 Å². The molecule has 0 aromatic rings. The van der Waals surface area contributed by atoms with Gasteiger partial charge in [-0.25, -0.2) is 0 Å². The van der Waals surface area contributed by atoms with Gasteiger partial charge in [0.1, 0.15) is 0 Å². The maximum absolute atomic E-state index is 4.81. The number of aliphatic imine (C=N–C) groups is 1. The van der Waals surface area contributed by atoms with Crippen molar-refractivity contribution in [1.29, 1.82) is 0 Å². The molecule has 4 heteroatoms. The van der Waals surface area contributed by atoms with E-state index in [1.54, 1.807) is 0 Å². The Morgan fingerprint density at radius 2 is 1.86 bits per heavy atom. The molecule has 0 unspecified atom stereocenters. The summed E-state index contributed by atoms with van der Waals surface area (Å²) < 4.78 is 0. The molecule has 3 aliphatic carbocycles. The monoisotopic (exact) mass is 292 g/mol. The maximum Gasteiger partial charge on any atom is 0.191 e. The molecular formula is C17H32N4. The lowest BCUT2D eigenvalue weighted by molar-refractivity contribution is 0.260. The van der Waals surface area contributed by atoms with Crippen LogP contribution in [0.1, 0.15) is 58.3 Å². The second kappa shape index (κ2) is 7.48. The average Bonchev–Trinajstić information content (AvgIpc) is 3.39. The van der Waals surface area contributed by atoms with Gasteiger partial charge in [0.2, 0.25) is 0 Å². The zero-order valence-corrected chi connectivity index (χ0v) is 13.6. The van der Waals surface area contributed by atoms with Gasteiger partial charge < -0.3 is 10.6 Å². The van der Waals surface area contributed by atoms with Gasteiger partial charge in [-0.3, -0.25) is 9.89 Å². The predicted molar refractivity (Wildman–Crippen MR) is 88.7 cm³/mol. The van der Waals surface area contributed by atoms with E-state index >= 15 is 0 Å². The Labute approximate surface area is 129 Å². The summed E-state index contributed by atoms with van der Waals surface area (Å²) in [5.74, 6) is 2.03. The lowest BCUT2D eigenvalue weighted by atomic mass is 10.2. The number of hydrogen-bond donors (Lipinski definition) is 2. The standard InChI is InChI=1S/C17H32N4/c1-2-18-17(20-15-5-3-4-6-15)19-11-12-21(16-9-10-16)13-14-7-8-14/h14-16H,2-13H2,1H3,(H2,18,19,20). The fraction of sp³-hybridized carbons (Fsp3) is 0.941. The Morgan fingerprint density at radius 1 is 1.10 bits per heavy atom. The normalized spacial score (nSPS) is 23.8. The fourth-order valence-electron chi connectivity index (χ4n) is 3.37. The zero-order valence-electron chi connectivity index (χ0n) is 13.6. The molecule has 0 aromatic carbocycles. The molecule has 0 aliphatic heterocycles. The molecule has 0 amide bonds. The van der Waals surface area contributed by atoms with Crippen molar-refractivity contribution in [3.8, 4) is 0 Å². The van der Waals surface area contributed by atoms with E-state index in [1.807, 2.05) is 0 Å². The van der Waals surface area contributed by atoms with Crippen molar-refractivity contribution in [2.24, 2.45) is 10.9 Å². The summed E-state index contributed by atoms with van der Waals surface area (Å²) >= 11 is 0. The molecule has 0 atom stereocenters. The topological polar surface area (TPSA) is 39.7 Å². The van der Waals surface area contributed by atoms with Crippen LogP contribution < -0.4 is 10.6 Å². The zero-order chi connectivity index (χ0) is 14.5. The minimum absolute atomic E-state index is 0.647. The lowest BCUT2D eigenvalue weighted by Gasteiger charge is -2.21. The molecule has 120 valence electrons. The average molecular weight is 292 g/mol. The summed E-state index contributed by atoms with van der Waals surface area (Å²) in [5.41, 5.74) is 0. The van der Waals surface area contributed by atoms with Crippen LogP contribution in [-0.2, 0) is 0 Å². The van der Waals surface area contributed by atoms with Crippen molar-refractivity contribution < 1.29 is 0 Å². The number of rotatable bonds is 8. The minimum Gasteiger partial charge on any atom is -0.357 e. The van der Waals surface area contributed by atoms with Gasteiger partial charge in [0.25, 0.3) is 0 Å². The van der Waals surface area contributed by atoms with E-state index in [-0.39, 0.29) is 0 Å². The smallest absolute Gasteiger partial charge is 0.191 e. The van der Waals surface area contributed by atoms with Gasteiger partial charge in [0, 0.05) is 31.7 Å². The minimum atomic E-state index is 0.647.